The van der Waals surface area contributed by atoms with Crippen LogP contribution in [0.15, 0.2) is 40.7 Å². The second kappa shape index (κ2) is 7.84. The van der Waals surface area contributed by atoms with Gasteiger partial charge >= 0.3 is 0 Å². The molecule has 2 N–H and O–H groups in total. The summed E-state index contributed by atoms with van der Waals surface area (Å²) in [7, 11) is 3.47. The third-order valence-electron chi connectivity index (χ3n) is 3.16. The monoisotopic (exact) mass is 317 g/mol. The highest BCUT2D eigenvalue weighted by Gasteiger charge is 2.05. The fourth-order valence-corrected chi connectivity index (χ4v) is 2.88. The van der Waals surface area contributed by atoms with E-state index in [0.717, 1.165) is 18.3 Å². The molecule has 0 saturated heterocycles. The summed E-state index contributed by atoms with van der Waals surface area (Å²) in [5.41, 5.74) is 2.43. The third kappa shape index (κ3) is 4.49. The predicted octanol–water partition coefficient (Wildman–Crippen LogP) is 3.50. The van der Waals surface area contributed by atoms with E-state index in [4.69, 9.17) is 4.74 Å². The maximum absolute atomic E-state index is 5.19. The number of rotatable bonds is 5. The molecule has 0 saturated carbocycles. The Balaban J connectivity index is 1.98. The van der Waals surface area contributed by atoms with Gasteiger partial charge < -0.3 is 15.4 Å². The molecular formula is C17H23N3OS. The molecule has 0 spiro atoms. The lowest BCUT2D eigenvalue weighted by atomic mass is 10.1. The number of aliphatic imine (C=N–C) groups is 1. The van der Waals surface area contributed by atoms with Crippen LogP contribution in [0, 0.1) is 0 Å². The molecular weight excluding hydrogens is 294 g/mol. The van der Waals surface area contributed by atoms with Gasteiger partial charge in [0, 0.05) is 18.0 Å². The van der Waals surface area contributed by atoms with E-state index < -0.39 is 0 Å². The van der Waals surface area contributed by atoms with Crippen LogP contribution in [0.2, 0.25) is 0 Å². The average Bonchev–Trinajstić information content (AvgIpc) is 3.00. The van der Waals surface area contributed by atoms with Gasteiger partial charge in [-0.1, -0.05) is 12.1 Å². The summed E-state index contributed by atoms with van der Waals surface area (Å²) < 4.78 is 5.19. The van der Waals surface area contributed by atoms with Crippen molar-refractivity contribution in [3.63, 3.8) is 0 Å². The van der Waals surface area contributed by atoms with Crippen molar-refractivity contribution in [1.82, 2.24) is 10.6 Å². The number of methoxy groups -OCH3 is 1. The zero-order valence-corrected chi connectivity index (χ0v) is 14.3. The standard InChI is InChI=1S/C17H23N3OS/c1-12(2)20-17(18-3)19-10-16-9-14(11-22-16)13-5-7-15(21-4)8-6-13/h5-9,11-12H,10H2,1-4H3,(H2,18,19,20). The number of benzene rings is 1. The van der Waals surface area contributed by atoms with Crippen molar-refractivity contribution in [1.29, 1.82) is 0 Å². The zero-order chi connectivity index (χ0) is 15.9. The van der Waals surface area contributed by atoms with Crippen LogP contribution in [-0.4, -0.2) is 26.2 Å². The Morgan fingerprint density at radius 2 is 1.95 bits per heavy atom. The highest BCUT2D eigenvalue weighted by molar-refractivity contribution is 7.10. The minimum absolute atomic E-state index is 0.365. The van der Waals surface area contributed by atoms with E-state index in [-0.39, 0.29) is 0 Å². The number of nitrogens with zero attached hydrogens (tertiary/aromatic N) is 1. The van der Waals surface area contributed by atoms with E-state index in [1.807, 2.05) is 12.1 Å². The van der Waals surface area contributed by atoms with Gasteiger partial charge in [-0.15, -0.1) is 11.3 Å². The van der Waals surface area contributed by atoms with E-state index in [9.17, 15) is 0 Å². The predicted molar refractivity (Wildman–Crippen MR) is 94.8 cm³/mol. The summed E-state index contributed by atoms with van der Waals surface area (Å²) >= 11 is 1.75. The van der Waals surface area contributed by atoms with Crippen molar-refractivity contribution < 1.29 is 4.74 Å². The fraction of sp³-hybridized carbons (Fsp3) is 0.353. The maximum atomic E-state index is 5.19. The minimum Gasteiger partial charge on any atom is -0.497 e. The summed E-state index contributed by atoms with van der Waals surface area (Å²) in [6, 6.07) is 10.7. The van der Waals surface area contributed by atoms with E-state index in [2.05, 4.69) is 53.1 Å². The molecule has 5 heteroatoms. The summed E-state index contributed by atoms with van der Waals surface area (Å²) in [5.74, 6) is 1.71. The minimum atomic E-state index is 0.365. The van der Waals surface area contributed by atoms with Gasteiger partial charge in [0.2, 0.25) is 0 Å². The molecule has 1 heterocycles. The van der Waals surface area contributed by atoms with Crippen molar-refractivity contribution in [2.24, 2.45) is 4.99 Å². The lowest BCUT2D eigenvalue weighted by Gasteiger charge is -2.13. The van der Waals surface area contributed by atoms with Crippen LogP contribution in [0.1, 0.15) is 18.7 Å². The lowest BCUT2D eigenvalue weighted by Crippen LogP contribution is -2.40. The van der Waals surface area contributed by atoms with Crippen LogP contribution in [0.5, 0.6) is 5.75 Å². The third-order valence-corrected chi connectivity index (χ3v) is 4.09. The summed E-state index contributed by atoms with van der Waals surface area (Å²) in [6.07, 6.45) is 0. The van der Waals surface area contributed by atoms with Crippen LogP contribution in [-0.2, 0) is 6.54 Å². The number of guanidine groups is 1. The van der Waals surface area contributed by atoms with Gasteiger partial charge in [-0.25, -0.2) is 0 Å². The summed E-state index contributed by atoms with van der Waals surface area (Å²) in [6.45, 7) is 4.97. The highest BCUT2D eigenvalue weighted by Crippen LogP contribution is 2.27. The number of ether oxygens (including phenoxy) is 1. The highest BCUT2D eigenvalue weighted by atomic mass is 32.1. The second-order valence-electron chi connectivity index (χ2n) is 5.26. The molecule has 118 valence electrons. The van der Waals surface area contributed by atoms with Crippen molar-refractivity contribution in [2.75, 3.05) is 14.2 Å². The molecule has 0 atom stereocenters. The van der Waals surface area contributed by atoms with Crippen LogP contribution in [0.25, 0.3) is 11.1 Å². The number of hydrogen-bond acceptors (Lipinski definition) is 3. The first-order valence-electron chi connectivity index (χ1n) is 7.31. The molecule has 22 heavy (non-hydrogen) atoms. The Morgan fingerprint density at radius 1 is 1.23 bits per heavy atom. The van der Waals surface area contributed by atoms with E-state index in [0.29, 0.717) is 6.04 Å². The largest absolute Gasteiger partial charge is 0.497 e. The molecule has 2 rings (SSSR count). The Morgan fingerprint density at radius 3 is 2.55 bits per heavy atom. The smallest absolute Gasteiger partial charge is 0.191 e. The summed E-state index contributed by atoms with van der Waals surface area (Å²) in [4.78, 5) is 5.49. The van der Waals surface area contributed by atoms with Gasteiger partial charge in [0.05, 0.1) is 13.7 Å². The average molecular weight is 317 g/mol. The van der Waals surface area contributed by atoms with E-state index >= 15 is 0 Å². The van der Waals surface area contributed by atoms with Gasteiger partial charge in [0.25, 0.3) is 0 Å². The molecule has 0 aliphatic carbocycles. The molecule has 2 aromatic rings. The van der Waals surface area contributed by atoms with Gasteiger partial charge in [0.15, 0.2) is 5.96 Å². The SMILES string of the molecule is CN=C(NCc1cc(-c2ccc(OC)cc2)cs1)NC(C)C. The Bertz CT molecular complexity index is 617. The van der Waals surface area contributed by atoms with Gasteiger partial charge in [-0.05, 0) is 48.6 Å². The fourth-order valence-electron chi connectivity index (χ4n) is 2.05. The molecule has 0 fully saturated rings. The normalized spacial score (nSPS) is 11.6. The van der Waals surface area contributed by atoms with Crippen LogP contribution in [0.3, 0.4) is 0 Å². The molecule has 1 aromatic carbocycles. The number of hydrogen-bond donors (Lipinski definition) is 2. The Kier molecular flexibility index (Phi) is 5.83. The first-order chi connectivity index (χ1) is 10.6. The first-order valence-corrected chi connectivity index (χ1v) is 8.19. The lowest BCUT2D eigenvalue weighted by molar-refractivity contribution is 0.415. The molecule has 0 radical (unpaired) electrons. The summed E-state index contributed by atoms with van der Waals surface area (Å²) in [5, 5.41) is 8.79. The molecule has 0 amide bonds. The molecule has 0 unspecified atom stereocenters. The molecule has 0 aliphatic rings. The zero-order valence-electron chi connectivity index (χ0n) is 13.5. The number of thiophene rings is 1. The molecule has 4 nitrogen and oxygen atoms in total. The van der Waals surface area contributed by atoms with Crippen molar-refractivity contribution in [2.45, 2.75) is 26.4 Å². The van der Waals surface area contributed by atoms with Gasteiger partial charge in [-0.2, -0.15) is 0 Å². The van der Waals surface area contributed by atoms with Crippen molar-refractivity contribution in [3.8, 4) is 16.9 Å². The number of nitrogens with one attached hydrogen (secondary N) is 2. The van der Waals surface area contributed by atoms with Crippen LogP contribution in [0.4, 0.5) is 0 Å². The van der Waals surface area contributed by atoms with E-state index in [1.165, 1.54) is 16.0 Å². The second-order valence-corrected chi connectivity index (χ2v) is 6.25. The quantitative estimate of drug-likeness (QED) is 0.655. The van der Waals surface area contributed by atoms with Gasteiger partial charge in [0.1, 0.15) is 5.75 Å². The Hall–Kier alpha value is -2.01. The molecule has 0 aliphatic heterocycles. The maximum Gasteiger partial charge on any atom is 0.191 e. The molecule has 0 bridgehead atoms. The van der Waals surface area contributed by atoms with Crippen molar-refractivity contribution >= 4 is 17.3 Å². The van der Waals surface area contributed by atoms with Gasteiger partial charge in [-0.3, -0.25) is 4.99 Å². The van der Waals surface area contributed by atoms with E-state index in [1.54, 1.807) is 25.5 Å². The van der Waals surface area contributed by atoms with Crippen LogP contribution < -0.4 is 15.4 Å². The van der Waals surface area contributed by atoms with Crippen molar-refractivity contribution in [3.05, 3.63) is 40.6 Å². The Labute approximate surface area is 136 Å². The molecule has 1 aromatic heterocycles. The first kappa shape index (κ1) is 16.4. The van der Waals surface area contributed by atoms with Crippen LogP contribution >= 0.6 is 11.3 Å². The topological polar surface area (TPSA) is 45.7 Å².